The third-order valence-electron chi connectivity index (χ3n) is 4.90. The predicted octanol–water partition coefficient (Wildman–Crippen LogP) is 3.55. The van der Waals surface area contributed by atoms with Crippen molar-refractivity contribution in [1.29, 1.82) is 0 Å². The first-order chi connectivity index (χ1) is 12.3. The molecule has 1 aliphatic heterocycles. The number of aliphatic hydroxyl groups is 1. The summed E-state index contributed by atoms with van der Waals surface area (Å²) in [6.07, 6.45) is 6.05. The summed E-state index contributed by atoms with van der Waals surface area (Å²) in [6, 6.07) is 16.2. The van der Waals surface area contributed by atoms with E-state index in [0.717, 1.165) is 37.3 Å². The van der Waals surface area contributed by atoms with Gasteiger partial charge in [0, 0.05) is 18.8 Å². The van der Waals surface area contributed by atoms with Crippen LogP contribution in [0.4, 0.5) is 0 Å². The summed E-state index contributed by atoms with van der Waals surface area (Å²) in [4.78, 5) is 2.42. The second-order valence-electron chi connectivity index (χ2n) is 6.62. The molecule has 1 N–H and O–H groups in total. The molecule has 5 nitrogen and oxygen atoms in total. The van der Waals surface area contributed by atoms with Crippen molar-refractivity contribution in [1.82, 2.24) is 14.7 Å². The molecule has 2 aromatic heterocycles. The predicted molar refractivity (Wildman–Crippen MR) is 95.3 cm³/mol. The first-order valence-electron chi connectivity index (χ1n) is 8.85. The Morgan fingerprint density at radius 1 is 1.16 bits per heavy atom. The van der Waals surface area contributed by atoms with Crippen LogP contribution in [0.2, 0.25) is 0 Å². The highest BCUT2D eigenvalue weighted by Gasteiger charge is 2.28. The Morgan fingerprint density at radius 2 is 2.04 bits per heavy atom. The Hall–Kier alpha value is -2.37. The lowest BCUT2D eigenvalue weighted by Crippen LogP contribution is -2.30. The van der Waals surface area contributed by atoms with Crippen LogP contribution >= 0.6 is 0 Å². The largest absolute Gasteiger partial charge is 0.467 e. The van der Waals surface area contributed by atoms with Gasteiger partial charge in [-0.05, 0) is 56.1 Å². The van der Waals surface area contributed by atoms with Gasteiger partial charge in [0.25, 0.3) is 0 Å². The average molecular weight is 337 g/mol. The maximum atomic E-state index is 10.4. The van der Waals surface area contributed by atoms with Crippen molar-refractivity contribution in [3.8, 4) is 5.69 Å². The van der Waals surface area contributed by atoms with Crippen LogP contribution in [-0.4, -0.2) is 32.4 Å². The number of nitrogens with zero attached hydrogens (tertiary/aromatic N) is 3. The molecule has 4 rings (SSSR count). The van der Waals surface area contributed by atoms with Crippen LogP contribution in [0, 0.1) is 0 Å². The number of aliphatic hydroxyl groups excluding tert-OH is 1. The molecule has 0 bridgehead atoms. The molecule has 0 amide bonds. The fourth-order valence-corrected chi connectivity index (χ4v) is 3.60. The van der Waals surface area contributed by atoms with Crippen LogP contribution in [0.25, 0.3) is 5.69 Å². The number of rotatable bonds is 6. The number of benzene rings is 1. The van der Waals surface area contributed by atoms with Gasteiger partial charge in [0.1, 0.15) is 11.9 Å². The van der Waals surface area contributed by atoms with Gasteiger partial charge in [-0.15, -0.1) is 0 Å². The second-order valence-corrected chi connectivity index (χ2v) is 6.62. The molecule has 25 heavy (non-hydrogen) atoms. The summed E-state index contributed by atoms with van der Waals surface area (Å²) in [6.45, 7) is 1.86. The average Bonchev–Trinajstić information content (AvgIpc) is 3.38. The molecule has 0 saturated carbocycles. The van der Waals surface area contributed by atoms with Crippen LogP contribution in [-0.2, 0) is 6.54 Å². The van der Waals surface area contributed by atoms with Gasteiger partial charge in [-0.25, -0.2) is 4.68 Å². The maximum Gasteiger partial charge on any atom is 0.132 e. The Labute approximate surface area is 147 Å². The summed E-state index contributed by atoms with van der Waals surface area (Å²) in [5, 5.41) is 15.1. The highest BCUT2D eigenvalue weighted by molar-refractivity contribution is 5.30. The van der Waals surface area contributed by atoms with Gasteiger partial charge in [0.15, 0.2) is 0 Å². The molecule has 0 radical (unpaired) electrons. The van der Waals surface area contributed by atoms with Gasteiger partial charge in [-0.3, -0.25) is 4.90 Å². The molecule has 3 aromatic rings. The SMILES string of the molecule is OC(CC1CCCN1Cc1ccn(-c2ccccc2)n1)c1ccco1. The van der Waals surface area contributed by atoms with E-state index in [-0.39, 0.29) is 0 Å². The van der Waals surface area contributed by atoms with Crippen molar-refractivity contribution in [2.75, 3.05) is 6.54 Å². The van der Waals surface area contributed by atoms with Crippen LogP contribution in [0.1, 0.15) is 36.8 Å². The third kappa shape index (κ3) is 3.67. The van der Waals surface area contributed by atoms with Crippen LogP contribution in [0.15, 0.2) is 65.4 Å². The zero-order valence-electron chi connectivity index (χ0n) is 14.2. The number of hydrogen-bond donors (Lipinski definition) is 1. The number of likely N-dealkylation sites (tertiary alicyclic amines) is 1. The van der Waals surface area contributed by atoms with Gasteiger partial charge in [-0.1, -0.05) is 18.2 Å². The topological polar surface area (TPSA) is 54.4 Å². The maximum absolute atomic E-state index is 10.4. The zero-order chi connectivity index (χ0) is 17.1. The first-order valence-corrected chi connectivity index (χ1v) is 8.85. The lowest BCUT2D eigenvalue weighted by molar-refractivity contribution is 0.0991. The number of aromatic nitrogens is 2. The van der Waals surface area contributed by atoms with Crippen molar-refractivity contribution < 1.29 is 9.52 Å². The summed E-state index contributed by atoms with van der Waals surface area (Å²) < 4.78 is 7.24. The quantitative estimate of drug-likeness (QED) is 0.747. The minimum Gasteiger partial charge on any atom is -0.467 e. The summed E-state index contributed by atoms with van der Waals surface area (Å²) in [5.74, 6) is 0.653. The summed E-state index contributed by atoms with van der Waals surface area (Å²) in [7, 11) is 0. The molecule has 1 fully saturated rings. The van der Waals surface area contributed by atoms with E-state index >= 15 is 0 Å². The molecule has 2 atom stereocenters. The van der Waals surface area contributed by atoms with E-state index in [0.29, 0.717) is 18.2 Å². The third-order valence-corrected chi connectivity index (χ3v) is 4.90. The number of hydrogen-bond acceptors (Lipinski definition) is 4. The lowest BCUT2D eigenvalue weighted by atomic mass is 10.1. The molecule has 5 heteroatoms. The molecule has 1 aliphatic rings. The van der Waals surface area contributed by atoms with Crippen LogP contribution in [0.5, 0.6) is 0 Å². The van der Waals surface area contributed by atoms with Crippen LogP contribution in [0.3, 0.4) is 0 Å². The molecule has 2 unspecified atom stereocenters. The van der Waals surface area contributed by atoms with E-state index < -0.39 is 6.10 Å². The monoisotopic (exact) mass is 337 g/mol. The normalized spacial score (nSPS) is 19.3. The fraction of sp³-hybridized carbons (Fsp3) is 0.350. The van der Waals surface area contributed by atoms with E-state index in [1.54, 1.807) is 6.26 Å². The zero-order valence-corrected chi connectivity index (χ0v) is 14.2. The lowest BCUT2D eigenvalue weighted by Gasteiger charge is -2.25. The van der Waals surface area contributed by atoms with Gasteiger partial charge < -0.3 is 9.52 Å². The fourth-order valence-electron chi connectivity index (χ4n) is 3.60. The Bertz CT molecular complexity index is 782. The second kappa shape index (κ2) is 7.25. The summed E-state index contributed by atoms with van der Waals surface area (Å²) >= 11 is 0. The van der Waals surface area contributed by atoms with E-state index in [4.69, 9.17) is 9.52 Å². The van der Waals surface area contributed by atoms with E-state index in [2.05, 4.69) is 23.1 Å². The molecule has 130 valence electrons. The van der Waals surface area contributed by atoms with Gasteiger partial charge in [-0.2, -0.15) is 5.10 Å². The smallest absolute Gasteiger partial charge is 0.132 e. The van der Waals surface area contributed by atoms with E-state index in [1.807, 2.05) is 41.2 Å². The number of para-hydroxylation sites is 1. The van der Waals surface area contributed by atoms with Crippen molar-refractivity contribution in [2.45, 2.75) is 38.0 Å². The van der Waals surface area contributed by atoms with Gasteiger partial charge >= 0.3 is 0 Å². The standard InChI is InChI=1S/C20H23N3O2/c24-19(20-9-5-13-25-20)14-18-8-4-11-22(18)15-16-10-12-23(21-16)17-6-2-1-3-7-17/h1-3,5-7,9-10,12-13,18-19,24H,4,8,11,14-15H2. The number of furan rings is 1. The van der Waals surface area contributed by atoms with Crippen molar-refractivity contribution in [3.05, 3.63) is 72.4 Å². The molecule has 1 aromatic carbocycles. The minimum atomic E-state index is -0.539. The van der Waals surface area contributed by atoms with Crippen LogP contribution < -0.4 is 0 Å². The Kier molecular flexibility index (Phi) is 4.68. The molecule has 1 saturated heterocycles. The summed E-state index contributed by atoms with van der Waals surface area (Å²) in [5.41, 5.74) is 2.13. The molecular weight excluding hydrogens is 314 g/mol. The molecule has 0 spiro atoms. The van der Waals surface area contributed by atoms with Crippen molar-refractivity contribution in [2.24, 2.45) is 0 Å². The van der Waals surface area contributed by atoms with Gasteiger partial charge in [0.2, 0.25) is 0 Å². The molecule has 0 aliphatic carbocycles. The first kappa shape index (κ1) is 16.1. The highest BCUT2D eigenvalue weighted by Crippen LogP contribution is 2.28. The van der Waals surface area contributed by atoms with E-state index in [9.17, 15) is 5.11 Å². The molecule has 3 heterocycles. The Balaban J connectivity index is 1.41. The molecular formula is C20H23N3O2. The highest BCUT2D eigenvalue weighted by atomic mass is 16.4. The van der Waals surface area contributed by atoms with Crippen molar-refractivity contribution in [3.63, 3.8) is 0 Å². The van der Waals surface area contributed by atoms with Gasteiger partial charge in [0.05, 0.1) is 17.6 Å². The Morgan fingerprint density at radius 3 is 2.84 bits per heavy atom. The van der Waals surface area contributed by atoms with Crippen molar-refractivity contribution >= 4 is 0 Å². The van der Waals surface area contributed by atoms with E-state index in [1.165, 1.54) is 0 Å². The minimum absolute atomic E-state index is 0.363.